The van der Waals surface area contributed by atoms with Gasteiger partial charge in [0.1, 0.15) is 0 Å². The van der Waals surface area contributed by atoms with Crippen LogP contribution in [0.15, 0.2) is 71.7 Å². The molecular formula is C23H23IN4O2. The highest BCUT2D eigenvalue weighted by Crippen LogP contribution is 2.29. The predicted octanol–water partition coefficient (Wildman–Crippen LogP) is 4.79. The maximum absolute atomic E-state index is 9.26. The molecule has 0 atom stereocenters. The fraction of sp³-hybridized carbons (Fsp3) is 0.130. The van der Waals surface area contributed by atoms with Crippen LogP contribution < -0.4 is 20.5 Å². The Kier molecular flexibility index (Phi) is 8.50. The Labute approximate surface area is 193 Å². The van der Waals surface area contributed by atoms with Gasteiger partial charge >= 0.3 is 0 Å². The number of hydrogen-bond donors (Lipinski definition) is 2. The lowest BCUT2D eigenvalue weighted by molar-refractivity contribution is 0.355. The van der Waals surface area contributed by atoms with E-state index in [9.17, 15) is 5.26 Å². The van der Waals surface area contributed by atoms with Crippen molar-refractivity contribution in [1.29, 1.82) is 5.26 Å². The van der Waals surface area contributed by atoms with Crippen LogP contribution in [0.2, 0.25) is 0 Å². The van der Waals surface area contributed by atoms with Gasteiger partial charge in [-0.3, -0.25) is 0 Å². The maximum Gasteiger partial charge on any atom is 0.193 e. The minimum Gasteiger partial charge on any atom is -0.493 e. The summed E-state index contributed by atoms with van der Waals surface area (Å²) in [5.74, 6) is 1.56. The van der Waals surface area contributed by atoms with Gasteiger partial charge in [0.05, 0.1) is 32.4 Å². The molecule has 7 heteroatoms. The lowest BCUT2D eigenvalue weighted by Gasteiger charge is -2.11. The van der Waals surface area contributed by atoms with E-state index in [2.05, 4.69) is 16.4 Å². The van der Waals surface area contributed by atoms with Gasteiger partial charge in [0.2, 0.25) is 0 Å². The number of rotatable bonds is 6. The fourth-order valence-electron chi connectivity index (χ4n) is 2.90. The molecule has 0 bridgehead atoms. The number of nitrogens with two attached hydrogens (primary N) is 1. The Hall–Kier alpha value is -3.25. The van der Waals surface area contributed by atoms with E-state index >= 15 is 0 Å². The van der Waals surface area contributed by atoms with E-state index in [1.54, 1.807) is 26.4 Å². The number of anilines is 1. The van der Waals surface area contributed by atoms with Crippen LogP contribution in [0.1, 0.15) is 11.1 Å². The molecule has 30 heavy (non-hydrogen) atoms. The van der Waals surface area contributed by atoms with Gasteiger partial charge in [-0.15, -0.1) is 24.0 Å². The van der Waals surface area contributed by atoms with E-state index in [0.29, 0.717) is 29.6 Å². The van der Waals surface area contributed by atoms with Crippen LogP contribution >= 0.6 is 24.0 Å². The Bertz CT molecular complexity index is 1060. The molecule has 0 saturated heterocycles. The molecule has 3 aromatic rings. The highest BCUT2D eigenvalue weighted by atomic mass is 127. The van der Waals surface area contributed by atoms with Crippen molar-refractivity contribution in [1.82, 2.24) is 0 Å². The van der Waals surface area contributed by atoms with E-state index < -0.39 is 0 Å². The molecule has 0 aliphatic heterocycles. The topological polar surface area (TPSA) is 92.7 Å². The standard InChI is InChI=1S/C23H22N4O2.HI/c1-28-21-12-11-19(13-22(21)29-2)27-23(25)26-15-16-7-9-17(10-8-16)20-6-4-3-5-18(20)14-24;/h3-13H,15H2,1-2H3,(H3,25,26,27);1H. The van der Waals surface area contributed by atoms with E-state index in [1.807, 2.05) is 54.6 Å². The molecule has 3 aromatic carbocycles. The summed E-state index contributed by atoms with van der Waals surface area (Å²) in [6, 6.07) is 23.1. The second kappa shape index (κ2) is 11.1. The molecule has 0 saturated carbocycles. The van der Waals surface area contributed by atoms with Crippen molar-refractivity contribution in [2.75, 3.05) is 19.5 Å². The Morgan fingerprint density at radius 3 is 2.37 bits per heavy atom. The third kappa shape index (κ3) is 5.64. The molecule has 6 nitrogen and oxygen atoms in total. The summed E-state index contributed by atoms with van der Waals surface area (Å²) in [5.41, 5.74) is 10.3. The molecule has 0 spiro atoms. The van der Waals surface area contributed by atoms with E-state index in [-0.39, 0.29) is 24.0 Å². The van der Waals surface area contributed by atoms with Crippen molar-refractivity contribution in [2.24, 2.45) is 10.7 Å². The molecular weight excluding hydrogens is 491 g/mol. The van der Waals surface area contributed by atoms with Gasteiger partial charge in [-0.05, 0) is 34.9 Å². The average Bonchev–Trinajstić information content (AvgIpc) is 2.78. The van der Waals surface area contributed by atoms with Crippen molar-refractivity contribution in [3.8, 4) is 28.7 Å². The summed E-state index contributed by atoms with van der Waals surface area (Å²) < 4.78 is 10.5. The molecule has 154 valence electrons. The summed E-state index contributed by atoms with van der Waals surface area (Å²) in [5, 5.41) is 12.3. The van der Waals surface area contributed by atoms with Gasteiger partial charge in [0.15, 0.2) is 17.5 Å². The number of hydrogen-bond acceptors (Lipinski definition) is 4. The highest BCUT2D eigenvalue weighted by Gasteiger charge is 2.06. The fourth-order valence-corrected chi connectivity index (χ4v) is 2.90. The molecule has 3 N–H and O–H groups in total. The first-order chi connectivity index (χ1) is 14.1. The second-order valence-corrected chi connectivity index (χ2v) is 6.25. The lowest BCUT2D eigenvalue weighted by atomic mass is 9.99. The van der Waals surface area contributed by atoms with Crippen molar-refractivity contribution in [2.45, 2.75) is 6.54 Å². The van der Waals surface area contributed by atoms with E-state index in [0.717, 1.165) is 22.4 Å². The van der Waals surface area contributed by atoms with Gasteiger partial charge in [-0.1, -0.05) is 42.5 Å². The molecule has 3 rings (SSSR count). The van der Waals surface area contributed by atoms with Gasteiger partial charge in [-0.25, -0.2) is 4.99 Å². The number of guanidine groups is 1. The predicted molar refractivity (Wildman–Crippen MR) is 131 cm³/mol. The maximum atomic E-state index is 9.26. The number of nitrogens with one attached hydrogen (secondary N) is 1. The van der Waals surface area contributed by atoms with Crippen LogP contribution in [0.4, 0.5) is 5.69 Å². The lowest BCUT2D eigenvalue weighted by Crippen LogP contribution is -2.22. The number of halogens is 1. The Morgan fingerprint density at radius 1 is 1.00 bits per heavy atom. The van der Waals surface area contributed by atoms with Crippen LogP contribution in [0, 0.1) is 11.3 Å². The van der Waals surface area contributed by atoms with Crippen molar-refractivity contribution >= 4 is 35.6 Å². The van der Waals surface area contributed by atoms with E-state index in [4.69, 9.17) is 15.2 Å². The van der Waals surface area contributed by atoms with Crippen LogP contribution in [-0.4, -0.2) is 20.2 Å². The number of nitriles is 1. The minimum atomic E-state index is 0. The normalized spacial score (nSPS) is 10.5. The zero-order valence-corrected chi connectivity index (χ0v) is 19.1. The summed E-state index contributed by atoms with van der Waals surface area (Å²) in [7, 11) is 3.17. The summed E-state index contributed by atoms with van der Waals surface area (Å²) in [6.45, 7) is 0.437. The van der Waals surface area contributed by atoms with Gasteiger partial charge in [0, 0.05) is 11.8 Å². The molecule has 0 unspecified atom stereocenters. The quantitative estimate of drug-likeness (QED) is 0.281. The highest BCUT2D eigenvalue weighted by molar-refractivity contribution is 14.0. The SMILES string of the molecule is COc1ccc(NC(N)=NCc2ccc(-c3ccccc3C#N)cc2)cc1OC.I. The van der Waals surface area contributed by atoms with Crippen LogP contribution in [0.25, 0.3) is 11.1 Å². The number of nitrogens with zero attached hydrogens (tertiary/aromatic N) is 2. The molecule has 0 heterocycles. The first-order valence-electron chi connectivity index (χ1n) is 9.02. The molecule has 0 fully saturated rings. The van der Waals surface area contributed by atoms with Crippen molar-refractivity contribution in [3.05, 3.63) is 77.9 Å². The third-order valence-electron chi connectivity index (χ3n) is 4.40. The van der Waals surface area contributed by atoms with Crippen LogP contribution in [0.3, 0.4) is 0 Å². The molecule has 0 amide bonds. The molecule has 0 aliphatic carbocycles. The first kappa shape index (κ1) is 23.0. The number of aliphatic imine (C=N–C) groups is 1. The summed E-state index contributed by atoms with van der Waals surface area (Å²) in [6.07, 6.45) is 0. The molecule has 0 radical (unpaired) electrons. The summed E-state index contributed by atoms with van der Waals surface area (Å²) >= 11 is 0. The van der Waals surface area contributed by atoms with E-state index in [1.165, 1.54) is 0 Å². The van der Waals surface area contributed by atoms with Crippen LogP contribution in [0.5, 0.6) is 11.5 Å². The Morgan fingerprint density at radius 2 is 1.70 bits per heavy atom. The third-order valence-corrected chi connectivity index (χ3v) is 4.40. The summed E-state index contributed by atoms with van der Waals surface area (Å²) in [4.78, 5) is 4.38. The zero-order valence-electron chi connectivity index (χ0n) is 16.8. The zero-order chi connectivity index (χ0) is 20.6. The monoisotopic (exact) mass is 514 g/mol. The largest absolute Gasteiger partial charge is 0.493 e. The number of benzene rings is 3. The Balaban J connectivity index is 0.00000320. The van der Waals surface area contributed by atoms with Crippen molar-refractivity contribution < 1.29 is 9.47 Å². The first-order valence-corrected chi connectivity index (χ1v) is 9.02. The van der Waals surface area contributed by atoms with Gasteiger partial charge in [-0.2, -0.15) is 5.26 Å². The molecule has 0 aliphatic rings. The van der Waals surface area contributed by atoms with Crippen molar-refractivity contribution in [3.63, 3.8) is 0 Å². The number of ether oxygens (including phenoxy) is 2. The molecule has 0 aromatic heterocycles. The second-order valence-electron chi connectivity index (χ2n) is 6.25. The van der Waals surface area contributed by atoms with Gasteiger partial charge in [0.25, 0.3) is 0 Å². The smallest absolute Gasteiger partial charge is 0.193 e. The average molecular weight is 514 g/mol. The van der Waals surface area contributed by atoms with Crippen LogP contribution in [-0.2, 0) is 6.54 Å². The minimum absolute atomic E-state index is 0. The van der Waals surface area contributed by atoms with Gasteiger partial charge < -0.3 is 20.5 Å². The number of methoxy groups -OCH3 is 2.